The minimum absolute atomic E-state index is 0.0367. The van der Waals surface area contributed by atoms with Crippen LogP contribution < -0.4 is 10.2 Å². The molecule has 0 aliphatic carbocycles. The van der Waals surface area contributed by atoms with E-state index in [0.717, 1.165) is 22.8 Å². The molecular weight excluding hydrogens is 388 g/mol. The minimum Gasteiger partial charge on any atom is -0.351 e. The molecule has 3 heterocycles. The first-order valence-electron chi connectivity index (χ1n) is 10.0. The van der Waals surface area contributed by atoms with E-state index >= 15 is 0 Å². The lowest BCUT2D eigenvalue weighted by molar-refractivity contribution is 0.549. The molecule has 4 nitrogen and oxygen atoms in total. The van der Waals surface area contributed by atoms with E-state index in [9.17, 15) is 0 Å². The number of para-hydroxylation sites is 1. The van der Waals surface area contributed by atoms with Crippen molar-refractivity contribution in [3.05, 3.63) is 114 Å². The van der Waals surface area contributed by atoms with Gasteiger partial charge in [-0.25, -0.2) is 0 Å². The molecule has 0 radical (unpaired) electrons. The van der Waals surface area contributed by atoms with Crippen molar-refractivity contribution in [3.8, 4) is 5.69 Å². The Balaban J connectivity index is 1.67. The number of hydrogen-bond acceptors (Lipinski definition) is 2. The molecule has 0 bridgehead atoms. The number of nitrogens with one attached hydrogen (secondary N) is 1. The van der Waals surface area contributed by atoms with Crippen LogP contribution in [0.15, 0.2) is 97.3 Å². The number of anilines is 1. The van der Waals surface area contributed by atoms with Crippen molar-refractivity contribution in [2.24, 2.45) is 0 Å². The Kier molecular flexibility index (Phi) is 4.81. The smallest absolute Gasteiger partial charge is 0.174 e. The van der Waals surface area contributed by atoms with Crippen LogP contribution in [0, 0.1) is 6.92 Å². The van der Waals surface area contributed by atoms with E-state index in [1.54, 1.807) is 0 Å². The van der Waals surface area contributed by atoms with E-state index in [1.807, 2.05) is 36.5 Å². The van der Waals surface area contributed by atoms with Crippen LogP contribution in [0.4, 0.5) is 5.69 Å². The number of nitrogens with zero attached hydrogens (tertiary/aromatic N) is 3. The Morgan fingerprint density at radius 2 is 1.67 bits per heavy atom. The summed E-state index contributed by atoms with van der Waals surface area (Å²) in [7, 11) is 0. The lowest BCUT2D eigenvalue weighted by atomic mass is 10.0. The molecule has 4 aromatic rings. The molecule has 5 rings (SSSR count). The van der Waals surface area contributed by atoms with Crippen LogP contribution in [-0.4, -0.2) is 14.7 Å². The fourth-order valence-corrected chi connectivity index (χ4v) is 4.52. The Labute approximate surface area is 181 Å². The number of aromatic nitrogens is 2. The number of thiocarbonyl (C=S) groups is 1. The van der Waals surface area contributed by atoms with Gasteiger partial charge >= 0.3 is 0 Å². The SMILES string of the molecule is Cc1cccc(-n2cccc2[C@@H]2[C@@H](c3ccccn3)NC(=S)N2c2ccccc2)c1. The van der Waals surface area contributed by atoms with Gasteiger partial charge in [0.15, 0.2) is 5.11 Å². The minimum atomic E-state index is -0.0580. The van der Waals surface area contributed by atoms with Crippen molar-refractivity contribution in [1.82, 2.24) is 14.9 Å². The van der Waals surface area contributed by atoms with Crippen LogP contribution in [0.1, 0.15) is 29.0 Å². The summed E-state index contributed by atoms with van der Waals surface area (Å²) in [6.07, 6.45) is 3.95. The summed E-state index contributed by atoms with van der Waals surface area (Å²) < 4.78 is 2.25. The summed E-state index contributed by atoms with van der Waals surface area (Å²) >= 11 is 5.81. The average Bonchev–Trinajstić information content (AvgIpc) is 3.39. The number of hydrogen-bond donors (Lipinski definition) is 1. The predicted molar refractivity (Wildman–Crippen MR) is 125 cm³/mol. The Morgan fingerprint density at radius 3 is 2.43 bits per heavy atom. The largest absolute Gasteiger partial charge is 0.351 e. The zero-order chi connectivity index (χ0) is 20.5. The normalized spacial score (nSPS) is 18.4. The van der Waals surface area contributed by atoms with Crippen molar-refractivity contribution in [1.29, 1.82) is 0 Å². The van der Waals surface area contributed by atoms with Crippen LogP contribution in [0.5, 0.6) is 0 Å². The molecule has 2 aromatic heterocycles. The summed E-state index contributed by atoms with van der Waals surface area (Å²) in [5.74, 6) is 0. The van der Waals surface area contributed by atoms with Crippen LogP contribution in [0.3, 0.4) is 0 Å². The molecule has 1 fully saturated rings. The number of rotatable bonds is 4. The summed E-state index contributed by atoms with van der Waals surface area (Å²) in [6, 6.07) is 29.1. The molecule has 0 spiro atoms. The molecule has 2 aromatic carbocycles. The van der Waals surface area contributed by atoms with Crippen LogP contribution in [0.2, 0.25) is 0 Å². The summed E-state index contributed by atoms with van der Waals surface area (Å²) in [6.45, 7) is 2.12. The van der Waals surface area contributed by atoms with Crippen molar-refractivity contribution in [2.45, 2.75) is 19.0 Å². The topological polar surface area (TPSA) is 33.1 Å². The summed E-state index contributed by atoms with van der Waals surface area (Å²) in [5, 5.41) is 4.24. The van der Waals surface area contributed by atoms with E-state index in [2.05, 4.69) is 87.5 Å². The third kappa shape index (κ3) is 3.27. The number of benzene rings is 2. The van der Waals surface area contributed by atoms with Gasteiger partial charge in [-0.2, -0.15) is 0 Å². The third-order valence-electron chi connectivity index (χ3n) is 5.50. The Hall–Kier alpha value is -3.44. The summed E-state index contributed by atoms with van der Waals surface area (Å²) in [4.78, 5) is 6.85. The molecule has 5 heteroatoms. The number of aryl methyl sites for hydroxylation is 1. The predicted octanol–water partition coefficient (Wildman–Crippen LogP) is 5.36. The molecule has 1 aliphatic rings. The molecule has 148 valence electrons. The molecule has 1 N–H and O–H groups in total. The zero-order valence-electron chi connectivity index (χ0n) is 16.6. The molecule has 30 heavy (non-hydrogen) atoms. The second-order valence-corrected chi connectivity index (χ2v) is 7.86. The number of pyridine rings is 1. The standard InChI is InChI=1S/C25H22N4S/c1-18-9-7-12-20(17-18)28-16-8-14-22(28)24-23(21-13-5-6-15-26-21)27-25(30)29(24)19-10-3-2-4-11-19/h2-17,23-24H,1H3,(H,27,30)/t23-,24-/m1/s1. The fraction of sp³-hybridized carbons (Fsp3) is 0.120. The van der Waals surface area contributed by atoms with E-state index in [0.29, 0.717) is 5.11 Å². The van der Waals surface area contributed by atoms with Gasteiger partial charge in [0, 0.05) is 29.5 Å². The van der Waals surface area contributed by atoms with E-state index in [1.165, 1.54) is 5.56 Å². The van der Waals surface area contributed by atoms with E-state index < -0.39 is 0 Å². The average molecular weight is 411 g/mol. The van der Waals surface area contributed by atoms with Crippen LogP contribution in [0.25, 0.3) is 5.69 Å². The molecule has 1 saturated heterocycles. The van der Waals surface area contributed by atoms with Crippen LogP contribution >= 0.6 is 12.2 Å². The van der Waals surface area contributed by atoms with Gasteiger partial charge in [0.1, 0.15) is 6.04 Å². The molecular formula is C25H22N4S. The van der Waals surface area contributed by atoms with Gasteiger partial charge in [-0.3, -0.25) is 4.98 Å². The third-order valence-corrected chi connectivity index (χ3v) is 5.81. The maximum atomic E-state index is 5.81. The maximum Gasteiger partial charge on any atom is 0.174 e. The van der Waals surface area contributed by atoms with Gasteiger partial charge < -0.3 is 14.8 Å². The Morgan fingerprint density at radius 1 is 0.867 bits per heavy atom. The van der Waals surface area contributed by atoms with Crippen molar-refractivity contribution >= 4 is 23.0 Å². The molecule has 0 unspecified atom stereocenters. The van der Waals surface area contributed by atoms with Gasteiger partial charge in [-0.15, -0.1) is 0 Å². The van der Waals surface area contributed by atoms with Gasteiger partial charge in [0.25, 0.3) is 0 Å². The monoisotopic (exact) mass is 410 g/mol. The van der Waals surface area contributed by atoms with Gasteiger partial charge in [0.2, 0.25) is 0 Å². The first-order chi connectivity index (χ1) is 14.7. The highest BCUT2D eigenvalue weighted by Crippen LogP contribution is 2.42. The summed E-state index contributed by atoms with van der Waals surface area (Å²) in [5.41, 5.74) is 5.57. The lowest BCUT2D eigenvalue weighted by Gasteiger charge is -2.29. The molecule has 1 aliphatic heterocycles. The second kappa shape index (κ2) is 7.76. The first-order valence-corrected chi connectivity index (χ1v) is 10.4. The highest BCUT2D eigenvalue weighted by Gasteiger charge is 2.42. The van der Waals surface area contributed by atoms with Gasteiger partial charge in [0.05, 0.1) is 11.7 Å². The quantitative estimate of drug-likeness (QED) is 0.459. The molecule has 0 amide bonds. The Bertz CT molecular complexity index is 1170. The maximum absolute atomic E-state index is 5.81. The molecule has 2 atom stereocenters. The van der Waals surface area contributed by atoms with Crippen molar-refractivity contribution in [2.75, 3.05) is 4.90 Å². The van der Waals surface area contributed by atoms with Crippen molar-refractivity contribution < 1.29 is 0 Å². The highest BCUT2D eigenvalue weighted by molar-refractivity contribution is 7.80. The fourth-order valence-electron chi connectivity index (χ4n) is 4.17. The first kappa shape index (κ1) is 18.6. The van der Waals surface area contributed by atoms with Gasteiger partial charge in [-0.1, -0.05) is 36.4 Å². The van der Waals surface area contributed by atoms with E-state index in [4.69, 9.17) is 12.2 Å². The van der Waals surface area contributed by atoms with Crippen molar-refractivity contribution in [3.63, 3.8) is 0 Å². The zero-order valence-corrected chi connectivity index (χ0v) is 17.5. The van der Waals surface area contributed by atoms with Gasteiger partial charge in [-0.05, 0) is 73.2 Å². The lowest BCUT2D eigenvalue weighted by Crippen LogP contribution is -2.30. The van der Waals surface area contributed by atoms with Crippen LogP contribution in [-0.2, 0) is 0 Å². The second-order valence-electron chi connectivity index (χ2n) is 7.47. The highest BCUT2D eigenvalue weighted by atomic mass is 32.1. The van der Waals surface area contributed by atoms with E-state index in [-0.39, 0.29) is 12.1 Å². The molecule has 0 saturated carbocycles.